The fourth-order valence-corrected chi connectivity index (χ4v) is 4.32. The Morgan fingerprint density at radius 1 is 0.867 bits per heavy atom. The molecule has 1 aliphatic heterocycles. The van der Waals surface area contributed by atoms with Crippen molar-refractivity contribution in [1.82, 2.24) is 25.1 Å². The first-order valence-corrected chi connectivity index (χ1v) is 10.8. The Hall–Kier alpha value is -2.73. The molecule has 0 radical (unpaired) electrons. The summed E-state index contributed by atoms with van der Waals surface area (Å²) in [5, 5.41) is 12.7. The minimum atomic E-state index is 0.0590. The van der Waals surface area contributed by atoms with Crippen LogP contribution in [-0.2, 0) is 0 Å². The molecule has 1 atom stereocenters. The van der Waals surface area contributed by atoms with Crippen LogP contribution in [0.5, 0.6) is 0 Å². The van der Waals surface area contributed by atoms with E-state index in [0.29, 0.717) is 0 Å². The summed E-state index contributed by atoms with van der Waals surface area (Å²) in [6, 6.07) is 15.7. The number of anilines is 1. The van der Waals surface area contributed by atoms with Crippen molar-refractivity contribution in [3.8, 4) is 0 Å². The number of rotatable bonds is 5. The van der Waals surface area contributed by atoms with Crippen LogP contribution in [0.3, 0.4) is 0 Å². The standard InChI is InChI=1S/C24H32N6/c1-17(2)30-24(25-26-27-30)23(21-11-9-18(3)10-12-21)29-15-13-28(14-16-29)22-8-6-7-19(4)20(22)5/h6-12,17,23H,13-16H2,1-5H3/t23-/m0/s1. The van der Waals surface area contributed by atoms with Gasteiger partial charge in [-0.15, -0.1) is 5.10 Å². The van der Waals surface area contributed by atoms with Crippen molar-refractivity contribution >= 4 is 5.69 Å². The average molecular weight is 405 g/mol. The zero-order valence-corrected chi connectivity index (χ0v) is 18.7. The van der Waals surface area contributed by atoms with Gasteiger partial charge in [-0.25, -0.2) is 4.68 Å². The minimum Gasteiger partial charge on any atom is -0.369 e. The SMILES string of the molecule is Cc1ccc([C@@H](c2nnnn2C(C)C)N2CCN(c3cccc(C)c3C)CC2)cc1. The van der Waals surface area contributed by atoms with Gasteiger partial charge in [0.05, 0.1) is 12.1 Å². The van der Waals surface area contributed by atoms with E-state index in [4.69, 9.17) is 0 Å². The molecule has 2 heterocycles. The van der Waals surface area contributed by atoms with Crippen molar-refractivity contribution in [2.75, 3.05) is 31.1 Å². The first kappa shape index (κ1) is 20.5. The highest BCUT2D eigenvalue weighted by atomic mass is 15.6. The largest absolute Gasteiger partial charge is 0.369 e. The number of tetrazole rings is 1. The smallest absolute Gasteiger partial charge is 0.173 e. The van der Waals surface area contributed by atoms with Crippen LogP contribution in [0.1, 0.15) is 54.0 Å². The lowest BCUT2D eigenvalue weighted by Crippen LogP contribution is -2.48. The van der Waals surface area contributed by atoms with E-state index in [1.165, 1.54) is 27.9 Å². The van der Waals surface area contributed by atoms with Crippen molar-refractivity contribution < 1.29 is 0 Å². The third-order valence-electron chi connectivity index (χ3n) is 6.24. The summed E-state index contributed by atoms with van der Waals surface area (Å²) in [5.74, 6) is 0.925. The van der Waals surface area contributed by atoms with Crippen molar-refractivity contribution in [2.45, 2.75) is 46.7 Å². The number of benzene rings is 2. The van der Waals surface area contributed by atoms with E-state index in [2.05, 4.69) is 102 Å². The van der Waals surface area contributed by atoms with E-state index in [9.17, 15) is 0 Å². The number of nitrogens with zero attached hydrogens (tertiary/aromatic N) is 6. The van der Waals surface area contributed by atoms with Crippen LogP contribution >= 0.6 is 0 Å². The molecule has 0 bridgehead atoms. The highest BCUT2D eigenvalue weighted by Gasteiger charge is 2.31. The summed E-state index contributed by atoms with van der Waals surface area (Å²) in [6.45, 7) is 14.7. The normalized spacial score (nSPS) is 16.3. The molecule has 1 aliphatic rings. The lowest BCUT2D eigenvalue weighted by atomic mass is 10.0. The van der Waals surface area contributed by atoms with E-state index in [1.54, 1.807) is 0 Å². The predicted octanol–water partition coefficient (Wildman–Crippen LogP) is 4.09. The van der Waals surface area contributed by atoms with Gasteiger partial charge >= 0.3 is 0 Å². The Morgan fingerprint density at radius 2 is 1.57 bits per heavy atom. The van der Waals surface area contributed by atoms with Crippen LogP contribution < -0.4 is 4.90 Å². The summed E-state index contributed by atoms with van der Waals surface area (Å²) < 4.78 is 1.96. The molecule has 3 aromatic rings. The van der Waals surface area contributed by atoms with E-state index >= 15 is 0 Å². The van der Waals surface area contributed by atoms with Gasteiger partial charge in [0.15, 0.2) is 5.82 Å². The van der Waals surface area contributed by atoms with Gasteiger partial charge in [0.1, 0.15) is 0 Å². The van der Waals surface area contributed by atoms with Crippen molar-refractivity contribution in [2.24, 2.45) is 0 Å². The lowest BCUT2D eigenvalue weighted by molar-refractivity contribution is 0.199. The molecule has 6 heteroatoms. The molecule has 1 fully saturated rings. The molecule has 4 rings (SSSR count). The highest BCUT2D eigenvalue weighted by Crippen LogP contribution is 2.31. The highest BCUT2D eigenvalue weighted by molar-refractivity contribution is 5.56. The van der Waals surface area contributed by atoms with Crippen molar-refractivity contribution in [3.63, 3.8) is 0 Å². The molecule has 0 spiro atoms. The van der Waals surface area contributed by atoms with Gasteiger partial charge in [-0.05, 0) is 67.8 Å². The van der Waals surface area contributed by atoms with Crippen molar-refractivity contribution in [3.05, 3.63) is 70.5 Å². The lowest BCUT2D eigenvalue weighted by Gasteiger charge is -2.40. The molecule has 0 N–H and O–H groups in total. The second kappa shape index (κ2) is 8.56. The monoisotopic (exact) mass is 404 g/mol. The molecule has 30 heavy (non-hydrogen) atoms. The molecule has 6 nitrogen and oxygen atoms in total. The summed E-state index contributed by atoms with van der Waals surface area (Å²) in [4.78, 5) is 5.04. The fourth-order valence-electron chi connectivity index (χ4n) is 4.32. The number of aryl methyl sites for hydroxylation is 2. The Morgan fingerprint density at radius 3 is 2.23 bits per heavy atom. The summed E-state index contributed by atoms with van der Waals surface area (Å²) in [6.07, 6.45) is 0. The number of piperazine rings is 1. The Balaban J connectivity index is 1.62. The van der Waals surface area contributed by atoms with Gasteiger partial charge < -0.3 is 4.90 Å². The number of aromatic nitrogens is 4. The molecule has 0 saturated carbocycles. The molecule has 2 aromatic carbocycles. The van der Waals surface area contributed by atoms with E-state index in [-0.39, 0.29) is 12.1 Å². The van der Waals surface area contributed by atoms with Crippen LogP contribution in [0.4, 0.5) is 5.69 Å². The molecule has 1 aromatic heterocycles. The first-order valence-electron chi connectivity index (χ1n) is 10.8. The minimum absolute atomic E-state index is 0.0590. The Kier molecular flexibility index (Phi) is 5.86. The summed E-state index contributed by atoms with van der Waals surface area (Å²) in [7, 11) is 0. The van der Waals surface area contributed by atoms with Crippen LogP contribution in [-0.4, -0.2) is 51.3 Å². The topological polar surface area (TPSA) is 50.1 Å². The molecule has 1 saturated heterocycles. The van der Waals surface area contributed by atoms with E-state index in [0.717, 1.165) is 32.0 Å². The maximum absolute atomic E-state index is 4.46. The molecular weight excluding hydrogens is 372 g/mol. The van der Waals surface area contributed by atoms with Crippen LogP contribution in [0.2, 0.25) is 0 Å². The van der Waals surface area contributed by atoms with E-state index < -0.39 is 0 Å². The van der Waals surface area contributed by atoms with Gasteiger partial charge in [0, 0.05) is 31.9 Å². The molecule has 158 valence electrons. The molecule has 0 aliphatic carbocycles. The fraction of sp³-hybridized carbons (Fsp3) is 0.458. The first-order chi connectivity index (χ1) is 14.5. The maximum Gasteiger partial charge on any atom is 0.173 e. The second-order valence-corrected chi connectivity index (χ2v) is 8.63. The second-order valence-electron chi connectivity index (χ2n) is 8.63. The van der Waals surface area contributed by atoms with Crippen molar-refractivity contribution in [1.29, 1.82) is 0 Å². The quantitative estimate of drug-likeness (QED) is 0.641. The summed E-state index contributed by atoms with van der Waals surface area (Å²) in [5.41, 5.74) is 6.60. The summed E-state index contributed by atoms with van der Waals surface area (Å²) >= 11 is 0. The average Bonchev–Trinajstić information content (AvgIpc) is 3.22. The van der Waals surface area contributed by atoms with Gasteiger partial charge in [-0.2, -0.15) is 0 Å². The molecule has 0 amide bonds. The van der Waals surface area contributed by atoms with Gasteiger partial charge in [-0.1, -0.05) is 42.0 Å². The van der Waals surface area contributed by atoms with Gasteiger partial charge in [0.2, 0.25) is 0 Å². The third-order valence-corrected chi connectivity index (χ3v) is 6.24. The van der Waals surface area contributed by atoms with Crippen LogP contribution in [0, 0.1) is 20.8 Å². The zero-order valence-electron chi connectivity index (χ0n) is 18.7. The third kappa shape index (κ3) is 3.97. The molecular formula is C24H32N6. The van der Waals surface area contributed by atoms with Gasteiger partial charge in [-0.3, -0.25) is 4.90 Å². The van der Waals surface area contributed by atoms with Gasteiger partial charge in [0.25, 0.3) is 0 Å². The van der Waals surface area contributed by atoms with Crippen LogP contribution in [0.25, 0.3) is 0 Å². The number of hydrogen-bond donors (Lipinski definition) is 0. The predicted molar refractivity (Wildman–Crippen MR) is 121 cm³/mol. The van der Waals surface area contributed by atoms with Crippen LogP contribution in [0.15, 0.2) is 42.5 Å². The Bertz CT molecular complexity index is 983. The molecule has 0 unspecified atom stereocenters. The Labute approximate surface area is 179 Å². The number of hydrogen-bond acceptors (Lipinski definition) is 5. The maximum atomic E-state index is 4.46. The zero-order chi connectivity index (χ0) is 21.3. The van der Waals surface area contributed by atoms with E-state index in [1.807, 2.05) is 4.68 Å².